The molecule has 0 saturated carbocycles. The summed E-state index contributed by atoms with van der Waals surface area (Å²) in [5, 5.41) is 0. The Labute approximate surface area is 142 Å². The van der Waals surface area contributed by atoms with Crippen LogP contribution in [0.5, 0.6) is 5.75 Å². The molecule has 1 aromatic carbocycles. The van der Waals surface area contributed by atoms with Gasteiger partial charge in [-0.2, -0.15) is 4.39 Å². The Hall–Kier alpha value is -2.35. The average molecular weight is 355 g/mol. The predicted octanol–water partition coefficient (Wildman–Crippen LogP) is 3.44. The van der Waals surface area contributed by atoms with E-state index in [-0.39, 0.29) is 5.75 Å². The highest BCUT2D eigenvalue weighted by molar-refractivity contribution is 5.45. The number of alkyl halides is 3. The van der Waals surface area contributed by atoms with Crippen LogP contribution in [0.3, 0.4) is 0 Å². The van der Waals surface area contributed by atoms with Crippen molar-refractivity contribution >= 4 is 5.69 Å². The average Bonchev–Trinajstić information content (AvgIpc) is 2.56. The Bertz CT molecular complexity index is 698. The lowest BCUT2D eigenvalue weighted by Crippen LogP contribution is -2.46. The van der Waals surface area contributed by atoms with E-state index in [2.05, 4.69) is 19.5 Å². The van der Waals surface area contributed by atoms with Crippen molar-refractivity contribution in [3.8, 4) is 5.75 Å². The van der Waals surface area contributed by atoms with E-state index in [0.29, 0.717) is 6.54 Å². The predicted molar refractivity (Wildman–Crippen MR) is 84.8 cm³/mol. The number of pyridine rings is 1. The van der Waals surface area contributed by atoms with Crippen molar-refractivity contribution < 1.29 is 22.3 Å². The molecule has 3 rings (SSSR count). The number of rotatable bonds is 4. The zero-order chi connectivity index (χ0) is 17.9. The van der Waals surface area contributed by atoms with Gasteiger partial charge < -0.3 is 9.64 Å². The summed E-state index contributed by atoms with van der Waals surface area (Å²) < 4.78 is 53.5. The smallest absolute Gasteiger partial charge is 0.406 e. The third-order valence-corrected chi connectivity index (χ3v) is 4.01. The number of piperazine rings is 1. The molecule has 0 aliphatic carbocycles. The molecular weight excluding hydrogens is 338 g/mol. The van der Waals surface area contributed by atoms with Crippen LogP contribution in [0, 0.1) is 5.95 Å². The number of halogens is 4. The van der Waals surface area contributed by atoms with Gasteiger partial charge in [-0.3, -0.25) is 4.90 Å². The van der Waals surface area contributed by atoms with Gasteiger partial charge in [-0.15, -0.1) is 13.2 Å². The van der Waals surface area contributed by atoms with E-state index in [0.717, 1.165) is 37.4 Å². The quantitative estimate of drug-likeness (QED) is 0.621. The molecule has 0 unspecified atom stereocenters. The molecule has 0 amide bonds. The Morgan fingerprint density at radius 1 is 1.00 bits per heavy atom. The summed E-state index contributed by atoms with van der Waals surface area (Å²) in [5.74, 6) is -0.720. The number of anilines is 1. The maximum atomic E-state index is 13.2. The highest BCUT2D eigenvalue weighted by Gasteiger charge is 2.31. The third-order valence-electron chi connectivity index (χ3n) is 4.01. The second-order valence-corrected chi connectivity index (χ2v) is 5.79. The summed E-state index contributed by atoms with van der Waals surface area (Å²) >= 11 is 0. The molecule has 0 bridgehead atoms. The summed E-state index contributed by atoms with van der Waals surface area (Å²) in [6.45, 7) is 3.71. The SMILES string of the molecule is Fc1cc(N2CCN(Cc3ccc(OC(F)(F)F)cc3)CC2)ccn1. The normalized spacial score (nSPS) is 16.1. The van der Waals surface area contributed by atoms with Crippen LogP contribution in [0.15, 0.2) is 42.6 Å². The van der Waals surface area contributed by atoms with Crippen molar-refractivity contribution in [2.75, 3.05) is 31.1 Å². The number of ether oxygens (including phenoxy) is 1. The van der Waals surface area contributed by atoms with Crippen LogP contribution in [0.4, 0.5) is 23.2 Å². The topological polar surface area (TPSA) is 28.6 Å². The molecule has 1 fully saturated rings. The van der Waals surface area contributed by atoms with E-state index in [1.165, 1.54) is 24.4 Å². The van der Waals surface area contributed by atoms with Crippen molar-refractivity contribution in [1.29, 1.82) is 0 Å². The zero-order valence-corrected chi connectivity index (χ0v) is 13.3. The molecule has 0 spiro atoms. The number of nitrogens with zero attached hydrogens (tertiary/aromatic N) is 3. The van der Waals surface area contributed by atoms with Crippen molar-refractivity contribution in [1.82, 2.24) is 9.88 Å². The van der Waals surface area contributed by atoms with Gasteiger partial charge in [-0.1, -0.05) is 12.1 Å². The van der Waals surface area contributed by atoms with Crippen LogP contribution in [-0.2, 0) is 6.54 Å². The maximum absolute atomic E-state index is 13.2. The summed E-state index contributed by atoms with van der Waals surface area (Å²) in [6, 6.07) is 9.09. The van der Waals surface area contributed by atoms with Crippen LogP contribution >= 0.6 is 0 Å². The fraction of sp³-hybridized carbons (Fsp3) is 0.353. The van der Waals surface area contributed by atoms with Crippen LogP contribution in [-0.4, -0.2) is 42.4 Å². The maximum Gasteiger partial charge on any atom is 0.573 e. The van der Waals surface area contributed by atoms with E-state index in [9.17, 15) is 17.6 Å². The Balaban J connectivity index is 1.52. The van der Waals surface area contributed by atoms with E-state index in [1.54, 1.807) is 18.2 Å². The number of hydrogen-bond donors (Lipinski definition) is 0. The minimum Gasteiger partial charge on any atom is -0.406 e. The second kappa shape index (κ2) is 7.26. The number of hydrogen-bond acceptors (Lipinski definition) is 4. The van der Waals surface area contributed by atoms with Gasteiger partial charge in [-0.05, 0) is 23.8 Å². The monoisotopic (exact) mass is 355 g/mol. The van der Waals surface area contributed by atoms with Crippen molar-refractivity contribution in [2.45, 2.75) is 12.9 Å². The minimum absolute atomic E-state index is 0.221. The molecule has 0 radical (unpaired) electrons. The molecule has 1 aliphatic rings. The van der Waals surface area contributed by atoms with Gasteiger partial charge in [0.15, 0.2) is 0 Å². The highest BCUT2D eigenvalue weighted by atomic mass is 19.4. The number of benzene rings is 1. The van der Waals surface area contributed by atoms with Gasteiger partial charge in [0.05, 0.1) is 0 Å². The van der Waals surface area contributed by atoms with Gasteiger partial charge in [0.1, 0.15) is 5.75 Å². The van der Waals surface area contributed by atoms with Crippen LogP contribution in [0.2, 0.25) is 0 Å². The third kappa shape index (κ3) is 5.06. The lowest BCUT2D eigenvalue weighted by Gasteiger charge is -2.36. The van der Waals surface area contributed by atoms with Gasteiger partial charge in [0, 0.05) is 50.7 Å². The van der Waals surface area contributed by atoms with Crippen molar-refractivity contribution in [3.63, 3.8) is 0 Å². The van der Waals surface area contributed by atoms with E-state index >= 15 is 0 Å². The lowest BCUT2D eigenvalue weighted by molar-refractivity contribution is -0.274. The molecule has 1 saturated heterocycles. The molecule has 8 heteroatoms. The molecule has 1 aliphatic heterocycles. The van der Waals surface area contributed by atoms with E-state index < -0.39 is 12.3 Å². The second-order valence-electron chi connectivity index (χ2n) is 5.79. The Morgan fingerprint density at radius 3 is 2.28 bits per heavy atom. The molecular formula is C17H17F4N3O. The van der Waals surface area contributed by atoms with E-state index in [1.807, 2.05) is 0 Å². The molecule has 0 atom stereocenters. The summed E-state index contributed by atoms with van der Waals surface area (Å²) in [7, 11) is 0. The molecule has 2 aromatic rings. The van der Waals surface area contributed by atoms with Crippen LogP contribution < -0.4 is 9.64 Å². The fourth-order valence-electron chi connectivity index (χ4n) is 2.81. The molecule has 25 heavy (non-hydrogen) atoms. The van der Waals surface area contributed by atoms with Crippen molar-refractivity contribution in [2.24, 2.45) is 0 Å². The van der Waals surface area contributed by atoms with Crippen LogP contribution in [0.25, 0.3) is 0 Å². The fourth-order valence-corrected chi connectivity index (χ4v) is 2.81. The largest absolute Gasteiger partial charge is 0.573 e. The van der Waals surface area contributed by atoms with Gasteiger partial charge >= 0.3 is 6.36 Å². The first-order valence-corrected chi connectivity index (χ1v) is 7.83. The van der Waals surface area contributed by atoms with Gasteiger partial charge in [0.25, 0.3) is 0 Å². The van der Waals surface area contributed by atoms with E-state index in [4.69, 9.17) is 0 Å². The summed E-state index contributed by atoms with van der Waals surface area (Å²) in [4.78, 5) is 7.84. The first-order valence-electron chi connectivity index (χ1n) is 7.83. The minimum atomic E-state index is -4.68. The zero-order valence-electron chi connectivity index (χ0n) is 13.3. The van der Waals surface area contributed by atoms with Gasteiger partial charge in [0.2, 0.25) is 5.95 Å². The Morgan fingerprint density at radius 2 is 1.68 bits per heavy atom. The first kappa shape index (κ1) is 17.5. The molecule has 4 nitrogen and oxygen atoms in total. The molecule has 1 aromatic heterocycles. The van der Waals surface area contributed by atoms with Crippen molar-refractivity contribution in [3.05, 3.63) is 54.1 Å². The molecule has 134 valence electrons. The first-order chi connectivity index (χ1) is 11.9. The molecule has 2 heterocycles. The van der Waals surface area contributed by atoms with Gasteiger partial charge in [-0.25, -0.2) is 4.98 Å². The standard InChI is InChI=1S/C17H17F4N3O/c18-16-11-14(5-6-22-16)24-9-7-23(8-10-24)12-13-1-3-15(4-2-13)25-17(19,20)21/h1-6,11H,7-10,12H2. The van der Waals surface area contributed by atoms with Crippen LogP contribution in [0.1, 0.15) is 5.56 Å². The lowest BCUT2D eigenvalue weighted by atomic mass is 10.2. The Kier molecular flexibility index (Phi) is 5.08. The summed E-state index contributed by atoms with van der Waals surface area (Å²) in [5.41, 5.74) is 1.72. The summed E-state index contributed by atoms with van der Waals surface area (Å²) in [6.07, 6.45) is -3.23. The number of aromatic nitrogens is 1. The molecule has 0 N–H and O–H groups in total. The highest BCUT2D eigenvalue weighted by Crippen LogP contribution is 2.23.